The second kappa shape index (κ2) is 7.45. The number of halogens is 1. The lowest BCUT2D eigenvalue weighted by molar-refractivity contribution is -0.139. The molecule has 0 aliphatic carbocycles. The van der Waals surface area contributed by atoms with Crippen LogP contribution in [0, 0.1) is 13.8 Å². The molecule has 0 spiro atoms. The molecule has 0 aliphatic heterocycles. The van der Waals surface area contributed by atoms with E-state index < -0.39 is 12.6 Å². The molecule has 6 heteroatoms. The van der Waals surface area contributed by atoms with Crippen molar-refractivity contribution >= 4 is 28.5 Å². The SMILES string of the molecule is Cc1cc(OCC(=O)O)c2c(Cc3ccc(Cl)cc3)c(C)c(=O)n(C)c2c1. The number of ether oxygens (including phenoxy) is 1. The van der Waals surface area contributed by atoms with Crippen molar-refractivity contribution in [2.45, 2.75) is 20.3 Å². The molecule has 1 heterocycles. The number of hydrogen-bond donors (Lipinski definition) is 1. The quantitative estimate of drug-likeness (QED) is 0.724. The van der Waals surface area contributed by atoms with E-state index in [4.69, 9.17) is 21.4 Å². The number of hydrogen-bond acceptors (Lipinski definition) is 3. The molecule has 0 bridgehead atoms. The summed E-state index contributed by atoms with van der Waals surface area (Å²) in [5, 5.41) is 10.4. The maximum atomic E-state index is 12.7. The van der Waals surface area contributed by atoms with Crippen LogP contribution in [0.3, 0.4) is 0 Å². The molecule has 5 nitrogen and oxygen atoms in total. The van der Waals surface area contributed by atoms with Crippen LogP contribution < -0.4 is 10.3 Å². The second-order valence-electron chi connectivity index (χ2n) is 6.61. The summed E-state index contributed by atoms with van der Waals surface area (Å²) in [5.41, 5.74) is 3.97. The zero-order valence-electron chi connectivity index (χ0n) is 15.4. The lowest BCUT2D eigenvalue weighted by atomic mass is 9.95. The molecule has 1 aromatic heterocycles. The second-order valence-corrected chi connectivity index (χ2v) is 7.05. The monoisotopic (exact) mass is 385 g/mol. The van der Waals surface area contributed by atoms with E-state index >= 15 is 0 Å². The minimum atomic E-state index is -1.05. The Labute approximate surface area is 161 Å². The normalized spacial score (nSPS) is 11.0. The van der Waals surface area contributed by atoms with Gasteiger partial charge in [-0.3, -0.25) is 4.79 Å². The Morgan fingerprint density at radius 2 is 1.85 bits per heavy atom. The Hall–Kier alpha value is -2.79. The molecule has 1 N–H and O–H groups in total. The van der Waals surface area contributed by atoms with Gasteiger partial charge in [0.15, 0.2) is 6.61 Å². The predicted molar refractivity (Wildman–Crippen MR) is 106 cm³/mol. The number of pyridine rings is 1. The van der Waals surface area contributed by atoms with Crippen molar-refractivity contribution in [2.24, 2.45) is 7.05 Å². The van der Waals surface area contributed by atoms with Gasteiger partial charge in [-0.2, -0.15) is 0 Å². The summed E-state index contributed by atoms with van der Waals surface area (Å²) in [6.07, 6.45) is 0.516. The van der Waals surface area contributed by atoms with Crippen molar-refractivity contribution < 1.29 is 14.6 Å². The maximum absolute atomic E-state index is 12.7. The molecular weight excluding hydrogens is 366 g/mol. The molecule has 0 saturated heterocycles. The molecule has 0 saturated carbocycles. The molecular formula is C21H20ClNO4. The Morgan fingerprint density at radius 3 is 2.48 bits per heavy atom. The Balaban J connectivity index is 2.27. The number of fused-ring (bicyclic) bond motifs is 1. The summed E-state index contributed by atoms with van der Waals surface area (Å²) in [7, 11) is 1.71. The molecule has 27 heavy (non-hydrogen) atoms. The highest BCUT2D eigenvalue weighted by molar-refractivity contribution is 6.30. The van der Waals surface area contributed by atoms with Crippen molar-refractivity contribution in [2.75, 3.05) is 6.61 Å². The number of carboxylic acids is 1. The highest BCUT2D eigenvalue weighted by Crippen LogP contribution is 2.32. The lowest BCUT2D eigenvalue weighted by Gasteiger charge is -2.18. The van der Waals surface area contributed by atoms with Gasteiger partial charge in [-0.25, -0.2) is 4.79 Å². The maximum Gasteiger partial charge on any atom is 0.341 e. The van der Waals surface area contributed by atoms with Gasteiger partial charge in [0.2, 0.25) is 0 Å². The summed E-state index contributed by atoms with van der Waals surface area (Å²) >= 11 is 5.97. The van der Waals surface area contributed by atoms with Gasteiger partial charge in [-0.1, -0.05) is 23.7 Å². The third-order valence-electron chi connectivity index (χ3n) is 4.61. The van der Waals surface area contributed by atoms with E-state index in [1.54, 1.807) is 36.7 Å². The molecule has 2 aromatic carbocycles. The van der Waals surface area contributed by atoms with Gasteiger partial charge in [0, 0.05) is 23.0 Å². The highest BCUT2D eigenvalue weighted by Gasteiger charge is 2.18. The van der Waals surface area contributed by atoms with Gasteiger partial charge in [-0.15, -0.1) is 0 Å². The van der Waals surface area contributed by atoms with E-state index in [2.05, 4.69) is 0 Å². The van der Waals surface area contributed by atoms with E-state index in [0.29, 0.717) is 22.8 Å². The Morgan fingerprint density at radius 1 is 1.19 bits per heavy atom. The molecule has 0 aliphatic rings. The van der Waals surface area contributed by atoms with Crippen LogP contribution in [0.1, 0.15) is 22.3 Å². The van der Waals surface area contributed by atoms with E-state index in [9.17, 15) is 9.59 Å². The third kappa shape index (κ3) is 3.83. The first-order chi connectivity index (χ1) is 12.8. The van der Waals surface area contributed by atoms with Crippen LogP contribution in [0.4, 0.5) is 0 Å². The van der Waals surface area contributed by atoms with Gasteiger partial charge < -0.3 is 14.4 Å². The number of carbonyl (C=O) groups is 1. The summed E-state index contributed by atoms with van der Waals surface area (Å²) in [6.45, 7) is 3.23. The van der Waals surface area contributed by atoms with Crippen molar-refractivity contribution in [3.05, 3.63) is 74.0 Å². The lowest BCUT2D eigenvalue weighted by Crippen LogP contribution is -2.22. The first-order valence-corrected chi connectivity index (χ1v) is 8.87. The molecule has 0 unspecified atom stereocenters. The van der Waals surface area contributed by atoms with Crippen molar-refractivity contribution in [3.63, 3.8) is 0 Å². The predicted octanol–water partition coefficient (Wildman–Crippen LogP) is 3.86. The molecule has 0 atom stereocenters. The highest BCUT2D eigenvalue weighted by atomic mass is 35.5. The summed E-state index contributed by atoms with van der Waals surface area (Å²) < 4.78 is 7.15. The van der Waals surface area contributed by atoms with E-state index in [1.807, 2.05) is 25.1 Å². The fraction of sp³-hybridized carbons (Fsp3) is 0.238. The third-order valence-corrected chi connectivity index (χ3v) is 4.86. The van der Waals surface area contributed by atoms with Crippen LogP contribution in [0.15, 0.2) is 41.2 Å². The number of benzene rings is 2. The topological polar surface area (TPSA) is 68.5 Å². The van der Waals surface area contributed by atoms with E-state index in [-0.39, 0.29) is 5.56 Å². The average Bonchev–Trinajstić information content (AvgIpc) is 2.63. The van der Waals surface area contributed by atoms with Gasteiger partial charge in [0.1, 0.15) is 5.75 Å². The van der Waals surface area contributed by atoms with Crippen LogP contribution in [-0.4, -0.2) is 22.2 Å². The van der Waals surface area contributed by atoms with Gasteiger partial charge >= 0.3 is 5.97 Å². The largest absolute Gasteiger partial charge is 0.481 e. The first kappa shape index (κ1) is 19.0. The van der Waals surface area contributed by atoms with Gasteiger partial charge in [0.25, 0.3) is 5.56 Å². The average molecular weight is 386 g/mol. The van der Waals surface area contributed by atoms with E-state index in [1.165, 1.54) is 0 Å². The van der Waals surface area contributed by atoms with Crippen LogP contribution in [0.5, 0.6) is 5.75 Å². The van der Waals surface area contributed by atoms with Crippen LogP contribution in [0.2, 0.25) is 5.02 Å². The standard InChI is InChI=1S/C21H20ClNO4/c1-12-8-17-20(18(9-12)27-11-19(24)25)16(13(2)21(26)23(17)3)10-14-4-6-15(22)7-5-14/h4-9H,10-11H2,1-3H3,(H,24,25). The van der Waals surface area contributed by atoms with E-state index in [0.717, 1.165) is 27.6 Å². The number of aryl methyl sites for hydroxylation is 2. The van der Waals surface area contributed by atoms with Crippen molar-refractivity contribution in [3.8, 4) is 5.75 Å². The minimum Gasteiger partial charge on any atom is -0.481 e. The Kier molecular flexibility index (Phi) is 5.24. The smallest absolute Gasteiger partial charge is 0.341 e. The molecule has 3 aromatic rings. The molecule has 0 amide bonds. The Bertz CT molecular complexity index is 1080. The minimum absolute atomic E-state index is 0.0822. The fourth-order valence-corrected chi connectivity index (χ4v) is 3.39. The fourth-order valence-electron chi connectivity index (χ4n) is 3.26. The van der Waals surface area contributed by atoms with Crippen molar-refractivity contribution in [1.29, 1.82) is 0 Å². The summed E-state index contributed by atoms with van der Waals surface area (Å²) in [4.78, 5) is 23.7. The molecule has 0 fully saturated rings. The summed E-state index contributed by atoms with van der Waals surface area (Å²) in [6, 6.07) is 11.2. The number of aromatic nitrogens is 1. The summed E-state index contributed by atoms with van der Waals surface area (Å²) in [5.74, 6) is -0.583. The molecule has 3 rings (SSSR count). The van der Waals surface area contributed by atoms with Crippen LogP contribution in [0.25, 0.3) is 10.9 Å². The number of aliphatic carboxylic acids is 1. The van der Waals surface area contributed by atoms with Crippen molar-refractivity contribution in [1.82, 2.24) is 4.57 Å². The number of nitrogens with zero attached hydrogens (tertiary/aromatic N) is 1. The zero-order chi connectivity index (χ0) is 19.7. The number of carboxylic acid groups (broad SMARTS) is 1. The molecule has 140 valence electrons. The first-order valence-electron chi connectivity index (χ1n) is 8.49. The van der Waals surface area contributed by atoms with Crippen LogP contribution in [-0.2, 0) is 18.3 Å². The van der Waals surface area contributed by atoms with Crippen LogP contribution >= 0.6 is 11.6 Å². The zero-order valence-corrected chi connectivity index (χ0v) is 16.1. The van der Waals surface area contributed by atoms with Gasteiger partial charge in [0.05, 0.1) is 5.52 Å². The van der Waals surface area contributed by atoms with Gasteiger partial charge in [-0.05, 0) is 61.2 Å². The number of rotatable bonds is 5. The molecule has 0 radical (unpaired) electrons.